The van der Waals surface area contributed by atoms with E-state index in [4.69, 9.17) is 4.74 Å². The zero-order chi connectivity index (χ0) is 17.3. The summed E-state index contributed by atoms with van der Waals surface area (Å²) in [5, 5.41) is 12.4. The number of morpholine rings is 1. The van der Waals surface area contributed by atoms with E-state index in [-0.39, 0.29) is 12.0 Å². The molecule has 2 saturated carbocycles. The van der Waals surface area contributed by atoms with Gasteiger partial charge in [-0.1, -0.05) is 0 Å². The van der Waals surface area contributed by atoms with Crippen LogP contribution in [-0.2, 0) is 9.53 Å². The lowest BCUT2D eigenvalue weighted by Crippen LogP contribution is -2.59. The number of amides is 1. The lowest BCUT2D eigenvalue weighted by atomic mass is 9.86. The summed E-state index contributed by atoms with van der Waals surface area (Å²) in [4.78, 5) is 17.1. The Morgan fingerprint density at radius 3 is 2.75 bits per heavy atom. The molecule has 1 saturated heterocycles. The normalized spacial score (nSPS) is 33.4. The van der Waals surface area contributed by atoms with Gasteiger partial charge < -0.3 is 15.0 Å². The molecule has 0 radical (unpaired) electrons. The first-order valence-corrected chi connectivity index (χ1v) is 9.17. The number of nitrogens with one attached hydrogen (secondary N) is 1. The summed E-state index contributed by atoms with van der Waals surface area (Å²) in [6.07, 6.45) is 5.55. The standard InChI is InChI=1S/C18H30N4O2/c1-18(12-19,13-4-5-13)20-17(23)11-22-8-9-24-16-10-14(21(2)3)6-7-15(16)22/h13-16H,4-11H2,1-3H3,(H,20,23)/t14-,15-,16+,18-/m1/s1. The van der Waals surface area contributed by atoms with Crippen LogP contribution in [0.2, 0.25) is 0 Å². The summed E-state index contributed by atoms with van der Waals surface area (Å²) in [5.41, 5.74) is -0.703. The van der Waals surface area contributed by atoms with Gasteiger partial charge in [0.2, 0.25) is 5.91 Å². The Morgan fingerprint density at radius 1 is 1.38 bits per heavy atom. The average Bonchev–Trinajstić information content (AvgIpc) is 3.39. The summed E-state index contributed by atoms with van der Waals surface area (Å²) < 4.78 is 5.99. The molecule has 6 nitrogen and oxygen atoms in total. The van der Waals surface area contributed by atoms with Gasteiger partial charge in [0.15, 0.2) is 0 Å². The van der Waals surface area contributed by atoms with Gasteiger partial charge in [-0.15, -0.1) is 0 Å². The fraction of sp³-hybridized carbons (Fsp3) is 0.889. The van der Waals surface area contributed by atoms with Crippen molar-refractivity contribution in [3.8, 4) is 6.07 Å². The predicted molar refractivity (Wildman–Crippen MR) is 91.3 cm³/mol. The van der Waals surface area contributed by atoms with E-state index < -0.39 is 5.54 Å². The van der Waals surface area contributed by atoms with Crippen LogP contribution in [0.1, 0.15) is 39.0 Å². The lowest BCUT2D eigenvalue weighted by Gasteiger charge is -2.46. The molecular weight excluding hydrogens is 304 g/mol. The molecule has 0 aromatic carbocycles. The molecular formula is C18H30N4O2. The van der Waals surface area contributed by atoms with Crippen molar-refractivity contribution in [1.82, 2.24) is 15.1 Å². The van der Waals surface area contributed by atoms with Gasteiger partial charge >= 0.3 is 0 Å². The zero-order valence-corrected chi connectivity index (χ0v) is 15.1. The second-order valence-corrected chi connectivity index (χ2v) is 8.01. The maximum absolute atomic E-state index is 12.5. The first-order chi connectivity index (χ1) is 11.4. The zero-order valence-electron chi connectivity index (χ0n) is 15.1. The second-order valence-electron chi connectivity index (χ2n) is 8.01. The minimum absolute atomic E-state index is 0.0265. The molecule has 1 heterocycles. The number of hydrogen-bond acceptors (Lipinski definition) is 5. The quantitative estimate of drug-likeness (QED) is 0.812. The summed E-state index contributed by atoms with van der Waals surface area (Å²) in [5.74, 6) is 0.292. The van der Waals surface area contributed by atoms with Crippen molar-refractivity contribution in [2.75, 3.05) is 33.8 Å². The Kier molecular flexibility index (Phi) is 5.14. The van der Waals surface area contributed by atoms with Crippen molar-refractivity contribution in [2.24, 2.45) is 5.92 Å². The second kappa shape index (κ2) is 6.99. The van der Waals surface area contributed by atoms with E-state index in [0.29, 0.717) is 31.2 Å². The van der Waals surface area contributed by atoms with E-state index in [1.165, 1.54) is 0 Å². The molecule has 0 aromatic heterocycles. The third kappa shape index (κ3) is 3.74. The van der Waals surface area contributed by atoms with Crippen LogP contribution in [0.3, 0.4) is 0 Å². The fourth-order valence-corrected chi connectivity index (χ4v) is 4.24. The van der Waals surface area contributed by atoms with Crippen LogP contribution in [0.25, 0.3) is 0 Å². The Hall–Kier alpha value is -1.16. The van der Waals surface area contributed by atoms with Crippen molar-refractivity contribution < 1.29 is 9.53 Å². The highest BCUT2D eigenvalue weighted by Crippen LogP contribution is 2.39. The Bertz CT molecular complexity index is 514. The number of rotatable bonds is 5. The number of ether oxygens (including phenoxy) is 1. The smallest absolute Gasteiger partial charge is 0.235 e. The van der Waals surface area contributed by atoms with Crippen LogP contribution >= 0.6 is 0 Å². The molecule has 0 bridgehead atoms. The third-order valence-corrected chi connectivity index (χ3v) is 6.01. The van der Waals surface area contributed by atoms with E-state index >= 15 is 0 Å². The van der Waals surface area contributed by atoms with Gasteiger partial charge in [0, 0.05) is 18.6 Å². The minimum Gasteiger partial charge on any atom is -0.375 e. The van der Waals surface area contributed by atoms with Crippen molar-refractivity contribution in [3.05, 3.63) is 0 Å². The monoisotopic (exact) mass is 334 g/mol. The lowest BCUT2D eigenvalue weighted by molar-refractivity contribution is -0.132. The number of fused-ring (bicyclic) bond motifs is 1. The van der Waals surface area contributed by atoms with Crippen molar-refractivity contribution in [2.45, 2.75) is 62.8 Å². The topological polar surface area (TPSA) is 68.6 Å². The maximum Gasteiger partial charge on any atom is 0.235 e. The molecule has 1 N–H and O–H groups in total. The first kappa shape index (κ1) is 17.7. The summed E-state index contributed by atoms with van der Waals surface area (Å²) in [7, 11) is 4.25. The summed E-state index contributed by atoms with van der Waals surface area (Å²) >= 11 is 0. The molecule has 3 rings (SSSR count). The highest BCUT2D eigenvalue weighted by Gasteiger charge is 2.44. The van der Waals surface area contributed by atoms with Crippen molar-refractivity contribution in [3.63, 3.8) is 0 Å². The summed E-state index contributed by atoms with van der Waals surface area (Å²) in [6, 6.07) is 3.20. The van der Waals surface area contributed by atoms with Gasteiger partial charge in [0.05, 0.1) is 25.3 Å². The number of nitriles is 1. The van der Waals surface area contributed by atoms with Gasteiger partial charge in [-0.25, -0.2) is 0 Å². The molecule has 2 aliphatic carbocycles. The van der Waals surface area contributed by atoms with Crippen LogP contribution in [0.4, 0.5) is 0 Å². The van der Waals surface area contributed by atoms with Crippen molar-refractivity contribution >= 4 is 5.91 Å². The average molecular weight is 334 g/mol. The maximum atomic E-state index is 12.5. The highest BCUT2D eigenvalue weighted by molar-refractivity contribution is 5.79. The molecule has 1 aliphatic heterocycles. The minimum atomic E-state index is -0.703. The van der Waals surface area contributed by atoms with Crippen LogP contribution in [0.5, 0.6) is 0 Å². The van der Waals surface area contributed by atoms with E-state index in [2.05, 4.69) is 35.3 Å². The number of carbonyl (C=O) groups is 1. The predicted octanol–water partition coefficient (Wildman–Crippen LogP) is 0.978. The van der Waals surface area contributed by atoms with E-state index in [1.54, 1.807) is 0 Å². The molecule has 24 heavy (non-hydrogen) atoms. The molecule has 1 amide bonds. The number of nitrogens with zero attached hydrogens (tertiary/aromatic N) is 3. The van der Waals surface area contributed by atoms with Crippen molar-refractivity contribution in [1.29, 1.82) is 5.26 Å². The van der Waals surface area contributed by atoms with Crippen LogP contribution < -0.4 is 5.32 Å². The van der Waals surface area contributed by atoms with Gasteiger partial charge in [0.1, 0.15) is 5.54 Å². The SMILES string of the molecule is CN(C)[C@@H]1CC[C@@H]2[C@H](C1)OCCN2CC(=O)N[C@](C)(C#N)C1CC1. The highest BCUT2D eigenvalue weighted by atomic mass is 16.5. The molecule has 6 heteroatoms. The molecule has 3 fully saturated rings. The van der Waals surface area contributed by atoms with Gasteiger partial charge in [-0.3, -0.25) is 9.69 Å². The Labute approximate surface area is 145 Å². The molecule has 3 aliphatic rings. The number of carbonyl (C=O) groups excluding carboxylic acids is 1. The molecule has 134 valence electrons. The molecule has 4 atom stereocenters. The molecule has 0 aromatic rings. The summed E-state index contributed by atoms with van der Waals surface area (Å²) in [6.45, 7) is 3.72. The molecule has 0 unspecified atom stereocenters. The number of hydrogen-bond donors (Lipinski definition) is 1. The van der Waals surface area contributed by atoms with Gasteiger partial charge in [0.25, 0.3) is 0 Å². The van der Waals surface area contributed by atoms with Crippen LogP contribution in [-0.4, -0.2) is 73.2 Å². The fourth-order valence-electron chi connectivity index (χ4n) is 4.24. The van der Waals surface area contributed by atoms with Gasteiger partial charge in [-0.2, -0.15) is 5.26 Å². The Morgan fingerprint density at radius 2 is 2.12 bits per heavy atom. The van der Waals surface area contributed by atoms with Crippen LogP contribution in [0.15, 0.2) is 0 Å². The van der Waals surface area contributed by atoms with E-state index in [0.717, 1.165) is 38.6 Å². The first-order valence-electron chi connectivity index (χ1n) is 9.17. The van der Waals surface area contributed by atoms with E-state index in [9.17, 15) is 10.1 Å². The Balaban J connectivity index is 1.57. The van der Waals surface area contributed by atoms with Crippen LogP contribution in [0, 0.1) is 17.2 Å². The van der Waals surface area contributed by atoms with Gasteiger partial charge in [-0.05, 0) is 59.0 Å². The third-order valence-electron chi connectivity index (χ3n) is 6.01. The molecule has 0 spiro atoms. The largest absolute Gasteiger partial charge is 0.375 e. The van der Waals surface area contributed by atoms with E-state index in [1.807, 2.05) is 6.92 Å².